The summed E-state index contributed by atoms with van der Waals surface area (Å²) >= 11 is 7.61. The van der Waals surface area contributed by atoms with Crippen molar-refractivity contribution in [2.45, 2.75) is 5.88 Å². The number of aromatic nitrogens is 1. The Kier molecular flexibility index (Phi) is 3.09. The molecule has 1 heterocycles. The SMILES string of the molecule is N#Cc1cc(I)nc(CCl)c1. The molecule has 0 aliphatic heterocycles. The molecule has 0 aromatic carbocycles. The van der Waals surface area contributed by atoms with Crippen LogP contribution in [0.1, 0.15) is 11.3 Å². The molecular weight excluding hydrogens is 274 g/mol. The van der Waals surface area contributed by atoms with Crippen LogP contribution in [0, 0.1) is 15.0 Å². The van der Waals surface area contributed by atoms with Crippen molar-refractivity contribution >= 4 is 34.2 Å². The number of rotatable bonds is 1. The molecule has 0 spiro atoms. The highest BCUT2D eigenvalue weighted by Crippen LogP contribution is 2.08. The molecule has 0 aliphatic carbocycles. The lowest BCUT2D eigenvalue weighted by Crippen LogP contribution is -1.90. The number of nitrogens with zero attached hydrogens (tertiary/aromatic N) is 2. The fourth-order valence-electron chi connectivity index (χ4n) is 0.684. The zero-order valence-corrected chi connectivity index (χ0v) is 8.43. The number of pyridine rings is 1. The molecule has 0 atom stereocenters. The molecule has 1 aromatic rings. The lowest BCUT2D eigenvalue weighted by atomic mass is 10.2. The van der Waals surface area contributed by atoms with Crippen LogP contribution in [0.4, 0.5) is 0 Å². The molecule has 0 amide bonds. The van der Waals surface area contributed by atoms with Crippen molar-refractivity contribution < 1.29 is 0 Å². The molecule has 0 aliphatic rings. The Bertz CT molecular complexity index is 306. The van der Waals surface area contributed by atoms with E-state index in [-0.39, 0.29) is 0 Å². The summed E-state index contributed by atoms with van der Waals surface area (Å²) in [6.07, 6.45) is 0. The van der Waals surface area contributed by atoms with Crippen molar-refractivity contribution in [1.82, 2.24) is 4.98 Å². The number of hydrogen-bond acceptors (Lipinski definition) is 2. The van der Waals surface area contributed by atoms with E-state index < -0.39 is 0 Å². The van der Waals surface area contributed by atoms with E-state index in [0.717, 1.165) is 9.39 Å². The topological polar surface area (TPSA) is 36.7 Å². The standard InChI is InChI=1S/C7H4ClIN2/c8-3-6-1-5(4-10)2-7(9)11-6/h1-2H,3H2. The van der Waals surface area contributed by atoms with Crippen molar-refractivity contribution in [1.29, 1.82) is 5.26 Å². The summed E-state index contributed by atoms with van der Waals surface area (Å²) in [5.41, 5.74) is 1.36. The molecule has 0 saturated heterocycles. The van der Waals surface area contributed by atoms with Crippen molar-refractivity contribution in [2.75, 3.05) is 0 Å². The maximum absolute atomic E-state index is 8.56. The van der Waals surface area contributed by atoms with Crippen LogP contribution < -0.4 is 0 Å². The van der Waals surface area contributed by atoms with Crippen LogP contribution in [0.2, 0.25) is 0 Å². The van der Waals surface area contributed by atoms with Gasteiger partial charge >= 0.3 is 0 Å². The summed E-state index contributed by atoms with van der Waals surface area (Å²) in [5.74, 6) is 0.353. The summed E-state index contributed by atoms with van der Waals surface area (Å²) in [6.45, 7) is 0. The van der Waals surface area contributed by atoms with E-state index in [0.29, 0.717) is 11.4 Å². The highest BCUT2D eigenvalue weighted by molar-refractivity contribution is 14.1. The van der Waals surface area contributed by atoms with Gasteiger partial charge in [-0.1, -0.05) is 0 Å². The van der Waals surface area contributed by atoms with Gasteiger partial charge in [-0.3, -0.25) is 0 Å². The molecular formula is C7H4ClIN2. The van der Waals surface area contributed by atoms with E-state index in [1.807, 2.05) is 6.07 Å². The zero-order chi connectivity index (χ0) is 8.27. The van der Waals surface area contributed by atoms with Gasteiger partial charge in [0.15, 0.2) is 0 Å². The predicted molar refractivity (Wildman–Crippen MR) is 51.2 cm³/mol. The summed E-state index contributed by atoms with van der Waals surface area (Å²) in [6, 6.07) is 5.45. The van der Waals surface area contributed by atoms with Gasteiger partial charge in [-0.2, -0.15) is 5.26 Å². The van der Waals surface area contributed by atoms with Gasteiger partial charge in [0, 0.05) is 0 Å². The van der Waals surface area contributed by atoms with Crippen LogP contribution >= 0.6 is 34.2 Å². The normalized spacial score (nSPS) is 9.18. The maximum Gasteiger partial charge on any atom is 0.103 e. The quantitative estimate of drug-likeness (QED) is 0.449. The first-order valence-electron chi connectivity index (χ1n) is 2.89. The number of halogens is 2. The first-order valence-corrected chi connectivity index (χ1v) is 4.50. The number of nitriles is 1. The van der Waals surface area contributed by atoms with Crippen LogP contribution in [-0.2, 0) is 5.88 Å². The molecule has 1 rings (SSSR count). The Hall–Kier alpha value is -0.340. The minimum absolute atomic E-state index is 0.353. The second kappa shape index (κ2) is 3.88. The average molecular weight is 278 g/mol. The van der Waals surface area contributed by atoms with Gasteiger partial charge in [0.1, 0.15) is 3.70 Å². The van der Waals surface area contributed by atoms with Gasteiger partial charge in [-0.15, -0.1) is 11.6 Å². The highest BCUT2D eigenvalue weighted by atomic mass is 127. The molecule has 1 aromatic heterocycles. The maximum atomic E-state index is 8.56. The Balaban J connectivity index is 3.15. The fourth-order valence-corrected chi connectivity index (χ4v) is 1.47. The van der Waals surface area contributed by atoms with E-state index in [4.69, 9.17) is 16.9 Å². The summed E-state index contributed by atoms with van der Waals surface area (Å²) in [5, 5.41) is 8.56. The molecule has 0 unspecified atom stereocenters. The van der Waals surface area contributed by atoms with Crippen LogP contribution in [0.25, 0.3) is 0 Å². The summed E-state index contributed by atoms with van der Waals surface area (Å²) < 4.78 is 0.803. The third kappa shape index (κ3) is 2.31. The minimum Gasteiger partial charge on any atom is -0.246 e. The summed E-state index contributed by atoms with van der Waals surface area (Å²) in [7, 11) is 0. The molecule has 56 valence electrons. The molecule has 0 saturated carbocycles. The van der Waals surface area contributed by atoms with Gasteiger partial charge in [-0.05, 0) is 34.7 Å². The van der Waals surface area contributed by atoms with Crippen LogP contribution in [0.3, 0.4) is 0 Å². The Morgan fingerprint density at radius 2 is 2.36 bits per heavy atom. The second-order valence-corrected chi connectivity index (χ2v) is 3.29. The zero-order valence-electron chi connectivity index (χ0n) is 5.51. The monoisotopic (exact) mass is 278 g/mol. The molecule has 4 heteroatoms. The number of alkyl halides is 1. The lowest BCUT2D eigenvalue weighted by molar-refractivity contribution is 1.13. The molecule has 0 bridgehead atoms. The summed E-state index contributed by atoms with van der Waals surface area (Å²) in [4.78, 5) is 4.10. The van der Waals surface area contributed by atoms with E-state index in [9.17, 15) is 0 Å². The smallest absolute Gasteiger partial charge is 0.103 e. The molecule has 0 fully saturated rings. The van der Waals surface area contributed by atoms with Crippen LogP contribution in [0.5, 0.6) is 0 Å². The Labute approximate surface area is 83.3 Å². The predicted octanol–water partition coefficient (Wildman–Crippen LogP) is 2.30. The number of hydrogen-bond donors (Lipinski definition) is 0. The first kappa shape index (κ1) is 8.75. The van der Waals surface area contributed by atoms with Gasteiger partial charge in [0.25, 0.3) is 0 Å². The minimum atomic E-state index is 0.353. The van der Waals surface area contributed by atoms with Gasteiger partial charge in [0.2, 0.25) is 0 Å². The third-order valence-electron chi connectivity index (χ3n) is 1.11. The molecule has 0 radical (unpaired) electrons. The molecule has 0 N–H and O–H groups in total. The van der Waals surface area contributed by atoms with Gasteiger partial charge < -0.3 is 0 Å². The van der Waals surface area contributed by atoms with E-state index in [1.54, 1.807) is 12.1 Å². The van der Waals surface area contributed by atoms with Crippen LogP contribution in [0.15, 0.2) is 12.1 Å². The van der Waals surface area contributed by atoms with Crippen molar-refractivity contribution in [3.05, 3.63) is 27.1 Å². The van der Waals surface area contributed by atoms with E-state index in [1.165, 1.54) is 0 Å². The highest BCUT2D eigenvalue weighted by Gasteiger charge is 1.98. The van der Waals surface area contributed by atoms with Crippen LogP contribution in [-0.4, -0.2) is 4.98 Å². The van der Waals surface area contributed by atoms with Crippen molar-refractivity contribution in [3.8, 4) is 6.07 Å². The average Bonchev–Trinajstić information content (AvgIpc) is 2.03. The lowest BCUT2D eigenvalue weighted by Gasteiger charge is -1.95. The van der Waals surface area contributed by atoms with E-state index >= 15 is 0 Å². The van der Waals surface area contributed by atoms with Gasteiger partial charge in [-0.25, -0.2) is 4.98 Å². The fraction of sp³-hybridized carbons (Fsp3) is 0.143. The molecule has 11 heavy (non-hydrogen) atoms. The largest absolute Gasteiger partial charge is 0.246 e. The van der Waals surface area contributed by atoms with Gasteiger partial charge in [0.05, 0.1) is 23.2 Å². The molecule has 2 nitrogen and oxygen atoms in total. The third-order valence-corrected chi connectivity index (χ3v) is 1.94. The first-order chi connectivity index (χ1) is 5.26. The Morgan fingerprint density at radius 1 is 1.64 bits per heavy atom. The van der Waals surface area contributed by atoms with Crippen molar-refractivity contribution in [2.24, 2.45) is 0 Å². The second-order valence-electron chi connectivity index (χ2n) is 1.92. The van der Waals surface area contributed by atoms with E-state index in [2.05, 4.69) is 27.6 Å². The van der Waals surface area contributed by atoms with Crippen molar-refractivity contribution in [3.63, 3.8) is 0 Å². The Morgan fingerprint density at radius 3 is 2.91 bits per heavy atom.